The van der Waals surface area contributed by atoms with E-state index in [2.05, 4.69) is 15.9 Å². The Morgan fingerprint density at radius 1 is 1.31 bits per heavy atom. The molecule has 0 unspecified atom stereocenters. The monoisotopic (exact) mass is 290 g/mol. The highest BCUT2D eigenvalue weighted by molar-refractivity contribution is 9.10. The zero-order valence-corrected chi connectivity index (χ0v) is 9.05. The van der Waals surface area contributed by atoms with E-state index < -0.39 is 25.6 Å². The summed E-state index contributed by atoms with van der Waals surface area (Å²) < 4.78 is 46.9. The fraction of sp³-hybridized carbons (Fsp3) is 0. The lowest BCUT2D eigenvalue weighted by atomic mass is 10.3. The molecule has 0 heterocycles. The smallest absolute Gasteiger partial charge is 0.207 e. The van der Waals surface area contributed by atoms with Crippen molar-refractivity contribution in [3.63, 3.8) is 0 Å². The van der Waals surface area contributed by atoms with Gasteiger partial charge in [0.1, 0.15) is 4.90 Å². The molecule has 0 fully saturated rings. The van der Waals surface area contributed by atoms with Crippen molar-refractivity contribution in [1.82, 2.24) is 0 Å². The highest BCUT2D eigenvalue weighted by Crippen LogP contribution is 2.28. The first-order valence-electron chi connectivity index (χ1n) is 2.92. The molecule has 1 aromatic rings. The molecule has 2 nitrogen and oxygen atoms in total. The molecule has 0 aliphatic heterocycles. The van der Waals surface area contributed by atoms with E-state index in [4.69, 9.17) is 10.7 Å². The Balaban J connectivity index is 3.62. The molecule has 0 bridgehead atoms. The van der Waals surface area contributed by atoms with Crippen LogP contribution in [0.5, 0.6) is 0 Å². The second-order valence-corrected chi connectivity index (χ2v) is 5.47. The van der Waals surface area contributed by atoms with Gasteiger partial charge in [0.25, 0.3) is 9.05 Å². The molecule has 0 aliphatic carbocycles. The number of hydrogen-bond donors (Lipinski definition) is 0. The SMILES string of the molecule is O=S(=O)(Cl)c1c(Br)ccc(F)c1F. The van der Waals surface area contributed by atoms with Crippen LogP contribution in [0.25, 0.3) is 0 Å². The molecule has 13 heavy (non-hydrogen) atoms. The maximum Gasteiger partial charge on any atom is 0.265 e. The first-order valence-corrected chi connectivity index (χ1v) is 6.02. The fourth-order valence-corrected chi connectivity index (χ4v) is 3.02. The van der Waals surface area contributed by atoms with Crippen molar-refractivity contribution in [2.24, 2.45) is 0 Å². The van der Waals surface area contributed by atoms with Gasteiger partial charge in [0, 0.05) is 15.2 Å². The van der Waals surface area contributed by atoms with Gasteiger partial charge >= 0.3 is 0 Å². The van der Waals surface area contributed by atoms with Crippen molar-refractivity contribution in [3.05, 3.63) is 28.2 Å². The van der Waals surface area contributed by atoms with Gasteiger partial charge < -0.3 is 0 Å². The summed E-state index contributed by atoms with van der Waals surface area (Å²) in [6.07, 6.45) is 0. The quantitative estimate of drug-likeness (QED) is 0.589. The van der Waals surface area contributed by atoms with Crippen molar-refractivity contribution < 1.29 is 17.2 Å². The summed E-state index contributed by atoms with van der Waals surface area (Å²) in [5.74, 6) is -2.74. The first kappa shape index (κ1) is 10.9. The Bertz CT molecular complexity index is 446. The van der Waals surface area contributed by atoms with Crippen LogP contribution in [-0.2, 0) is 9.05 Å². The third-order valence-corrected chi connectivity index (χ3v) is 3.52. The minimum Gasteiger partial charge on any atom is -0.207 e. The Morgan fingerprint density at radius 2 is 1.85 bits per heavy atom. The molecule has 1 aromatic carbocycles. The highest BCUT2D eigenvalue weighted by atomic mass is 79.9. The summed E-state index contributed by atoms with van der Waals surface area (Å²) in [5.41, 5.74) is 0. The van der Waals surface area contributed by atoms with Crippen LogP contribution in [0.1, 0.15) is 0 Å². The van der Waals surface area contributed by atoms with Gasteiger partial charge in [0.05, 0.1) is 0 Å². The number of halogens is 4. The standard InChI is InChI=1S/C6H2BrClF2O2S/c7-3-1-2-4(9)5(10)6(3)13(8,11)12/h1-2H. The zero-order valence-electron chi connectivity index (χ0n) is 5.89. The topological polar surface area (TPSA) is 34.1 Å². The molecule has 0 aromatic heterocycles. The molecule has 0 spiro atoms. The summed E-state index contributed by atoms with van der Waals surface area (Å²) >= 11 is 2.75. The van der Waals surface area contributed by atoms with Crippen molar-refractivity contribution in [2.75, 3.05) is 0 Å². The van der Waals surface area contributed by atoms with Crippen LogP contribution in [0, 0.1) is 11.6 Å². The third-order valence-electron chi connectivity index (χ3n) is 1.25. The molecule has 0 amide bonds. The number of hydrogen-bond acceptors (Lipinski definition) is 2. The predicted molar refractivity (Wildman–Crippen MR) is 47.1 cm³/mol. The molecule has 0 N–H and O–H groups in total. The van der Waals surface area contributed by atoms with Crippen LogP contribution in [-0.4, -0.2) is 8.42 Å². The highest BCUT2D eigenvalue weighted by Gasteiger charge is 2.22. The van der Waals surface area contributed by atoms with Crippen LogP contribution in [0.2, 0.25) is 0 Å². The van der Waals surface area contributed by atoms with Crippen LogP contribution in [0.4, 0.5) is 8.78 Å². The Hall–Kier alpha value is -0.200. The molecule has 0 saturated heterocycles. The van der Waals surface area contributed by atoms with Crippen LogP contribution >= 0.6 is 26.6 Å². The zero-order chi connectivity index (χ0) is 10.2. The second-order valence-electron chi connectivity index (χ2n) is 2.11. The molecule has 0 aliphatic rings. The van der Waals surface area contributed by atoms with Crippen molar-refractivity contribution in [3.8, 4) is 0 Å². The van der Waals surface area contributed by atoms with Gasteiger partial charge in [0.15, 0.2) is 11.6 Å². The van der Waals surface area contributed by atoms with Crippen LogP contribution < -0.4 is 0 Å². The first-order chi connectivity index (χ1) is 5.84. The van der Waals surface area contributed by atoms with E-state index in [1.54, 1.807) is 0 Å². The van der Waals surface area contributed by atoms with Gasteiger partial charge in [-0.3, -0.25) is 0 Å². The average molecular weight is 292 g/mol. The predicted octanol–water partition coefficient (Wildman–Crippen LogP) is 2.65. The summed E-state index contributed by atoms with van der Waals surface area (Å²) in [5, 5.41) is 0. The van der Waals surface area contributed by atoms with Gasteiger partial charge in [0.2, 0.25) is 0 Å². The largest absolute Gasteiger partial charge is 0.265 e. The average Bonchev–Trinajstić information content (AvgIpc) is 1.95. The van der Waals surface area contributed by atoms with Gasteiger partial charge in [-0.2, -0.15) is 0 Å². The molecular weight excluding hydrogens is 289 g/mol. The number of benzene rings is 1. The lowest BCUT2D eigenvalue weighted by Gasteiger charge is -2.01. The summed E-state index contributed by atoms with van der Waals surface area (Å²) in [4.78, 5) is -0.880. The van der Waals surface area contributed by atoms with Gasteiger partial charge in [-0.1, -0.05) is 0 Å². The van der Waals surface area contributed by atoms with Crippen LogP contribution in [0.15, 0.2) is 21.5 Å². The van der Waals surface area contributed by atoms with Gasteiger partial charge in [-0.15, -0.1) is 0 Å². The molecule has 7 heteroatoms. The van der Waals surface area contributed by atoms with Crippen molar-refractivity contribution >= 4 is 35.7 Å². The maximum absolute atomic E-state index is 12.9. The minimum absolute atomic E-state index is 0.110. The number of rotatable bonds is 1. The van der Waals surface area contributed by atoms with E-state index >= 15 is 0 Å². The molecule has 1 rings (SSSR count). The van der Waals surface area contributed by atoms with Gasteiger partial charge in [-0.05, 0) is 28.1 Å². The third kappa shape index (κ3) is 2.18. The minimum atomic E-state index is -4.28. The normalized spacial score (nSPS) is 11.7. The molecular formula is C6H2BrClF2O2S. The van der Waals surface area contributed by atoms with Crippen molar-refractivity contribution in [1.29, 1.82) is 0 Å². The van der Waals surface area contributed by atoms with E-state index in [-0.39, 0.29) is 4.47 Å². The van der Waals surface area contributed by atoms with Gasteiger partial charge in [-0.25, -0.2) is 17.2 Å². The van der Waals surface area contributed by atoms with E-state index in [1.165, 1.54) is 0 Å². The Morgan fingerprint density at radius 3 is 2.23 bits per heavy atom. The van der Waals surface area contributed by atoms with E-state index in [0.29, 0.717) is 0 Å². The molecule has 0 radical (unpaired) electrons. The summed E-state index contributed by atoms with van der Waals surface area (Å²) in [6, 6.07) is 1.86. The van der Waals surface area contributed by atoms with E-state index in [9.17, 15) is 17.2 Å². The second kappa shape index (κ2) is 3.51. The lowest BCUT2D eigenvalue weighted by Crippen LogP contribution is -1.99. The molecule has 0 atom stereocenters. The molecule has 72 valence electrons. The summed E-state index contributed by atoms with van der Waals surface area (Å²) in [7, 11) is 0.600. The van der Waals surface area contributed by atoms with E-state index in [1.807, 2.05) is 0 Å². The van der Waals surface area contributed by atoms with Crippen LogP contribution in [0.3, 0.4) is 0 Å². The van der Waals surface area contributed by atoms with Crippen molar-refractivity contribution in [2.45, 2.75) is 4.90 Å². The fourth-order valence-electron chi connectivity index (χ4n) is 0.732. The Kier molecular flexibility index (Phi) is 2.94. The molecule has 0 saturated carbocycles. The van der Waals surface area contributed by atoms with E-state index in [0.717, 1.165) is 12.1 Å². The lowest BCUT2D eigenvalue weighted by molar-refractivity contribution is 0.485. The maximum atomic E-state index is 12.9. The summed E-state index contributed by atoms with van der Waals surface area (Å²) in [6.45, 7) is 0. The Labute approximate surface area is 86.1 Å².